The Morgan fingerprint density at radius 2 is 2.06 bits per heavy atom. The standard InChI is InChI=1S/C14H18N2S/c1-3-4-12-5-7-13(8-6-12)16-11(2)14-9-17-10-15-14/h5-11,16H,3-4H2,1-2H3. The lowest BCUT2D eigenvalue weighted by atomic mass is 10.1. The molecule has 0 amide bonds. The molecule has 17 heavy (non-hydrogen) atoms. The number of anilines is 1. The van der Waals surface area contributed by atoms with Crippen LogP contribution in [0.3, 0.4) is 0 Å². The lowest BCUT2D eigenvalue weighted by molar-refractivity contribution is 0.849. The Morgan fingerprint density at radius 3 is 2.65 bits per heavy atom. The summed E-state index contributed by atoms with van der Waals surface area (Å²) >= 11 is 1.64. The molecule has 1 atom stereocenters. The maximum atomic E-state index is 4.32. The van der Waals surface area contributed by atoms with Crippen molar-refractivity contribution in [1.82, 2.24) is 4.98 Å². The smallest absolute Gasteiger partial charge is 0.0795 e. The summed E-state index contributed by atoms with van der Waals surface area (Å²) in [5.41, 5.74) is 5.54. The van der Waals surface area contributed by atoms with E-state index in [1.54, 1.807) is 11.3 Å². The number of nitrogens with zero attached hydrogens (tertiary/aromatic N) is 1. The van der Waals surface area contributed by atoms with Gasteiger partial charge in [-0.2, -0.15) is 0 Å². The van der Waals surface area contributed by atoms with Crippen LogP contribution in [0.4, 0.5) is 5.69 Å². The highest BCUT2D eigenvalue weighted by atomic mass is 32.1. The third-order valence-corrected chi connectivity index (χ3v) is 3.38. The second-order valence-electron chi connectivity index (χ2n) is 4.23. The molecule has 0 saturated heterocycles. The molecule has 0 aliphatic carbocycles. The van der Waals surface area contributed by atoms with Crippen LogP contribution in [-0.2, 0) is 6.42 Å². The zero-order valence-corrected chi connectivity index (χ0v) is 11.1. The molecule has 0 saturated carbocycles. The van der Waals surface area contributed by atoms with Crippen LogP contribution in [0.15, 0.2) is 35.2 Å². The molecule has 1 N–H and O–H groups in total. The Morgan fingerprint density at radius 1 is 1.29 bits per heavy atom. The Hall–Kier alpha value is -1.35. The number of hydrogen-bond donors (Lipinski definition) is 1. The van der Waals surface area contributed by atoms with Crippen molar-refractivity contribution in [1.29, 1.82) is 0 Å². The number of thiazole rings is 1. The first-order valence-corrected chi connectivity index (χ1v) is 6.97. The molecule has 90 valence electrons. The number of aryl methyl sites for hydroxylation is 1. The van der Waals surface area contributed by atoms with Crippen molar-refractivity contribution in [2.75, 3.05) is 5.32 Å². The van der Waals surface area contributed by atoms with Gasteiger partial charge in [0.15, 0.2) is 0 Å². The lowest BCUT2D eigenvalue weighted by Gasteiger charge is -2.13. The van der Waals surface area contributed by atoms with Gasteiger partial charge in [-0.1, -0.05) is 25.5 Å². The monoisotopic (exact) mass is 246 g/mol. The van der Waals surface area contributed by atoms with Crippen molar-refractivity contribution in [3.63, 3.8) is 0 Å². The summed E-state index contributed by atoms with van der Waals surface area (Å²) in [5, 5.41) is 5.54. The molecular formula is C14H18N2S. The van der Waals surface area contributed by atoms with Gasteiger partial charge in [-0.3, -0.25) is 0 Å². The Kier molecular flexibility index (Phi) is 4.15. The van der Waals surface area contributed by atoms with Gasteiger partial charge in [0.25, 0.3) is 0 Å². The highest BCUT2D eigenvalue weighted by molar-refractivity contribution is 7.07. The molecule has 0 bridgehead atoms. The first-order valence-electron chi connectivity index (χ1n) is 6.03. The van der Waals surface area contributed by atoms with Gasteiger partial charge in [0.05, 0.1) is 17.2 Å². The van der Waals surface area contributed by atoms with Crippen molar-refractivity contribution >= 4 is 17.0 Å². The van der Waals surface area contributed by atoms with Gasteiger partial charge in [-0.05, 0) is 31.0 Å². The summed E-state index contributed by atoms with van der Waals surface area (Å²) in [6.45, 7) is 4.34. The minimum absolute atomic E-state index is 0.262. The molecule has 0 radical (unpaired) electrons. The molecule has 2 rings (SSSR count). The van der Waals surface area contributed by atoms with E-state index in [1.165, 1.54) is 12.0 Å². The van der Waals surface area contributed by atoms with Crippen LogP contribution in [0.2, 0.25) is 0 Å². The largest absolute Gasteiger partial charge is 0.377 e. The van der Waals surface area contributed by atoms with Crippen LogP contribution in [0.5, 0.6) is 0 Å². The van der Waals surface area contributed by atoms with Gasteiger partial charge >= 0.3 is 0 Å². The van der Waals surface area contributed by atoms with Crippen LogP contribution in [0.25, 0.3) is 0 Å². The molecule has 3 heteroatoms. The first kappa shape index (κ1) is 12.1. The Labute approximate surface area is 107 Å². The zero-order valence-electron chi connectivity index (χ0n) is 10.3. The maximum Gasteiger partial charge on any atom is 0.0795 e. The minimum atomic E-state index is 0.262. The van der Waals surface area contributed by atoms with Gasteiger partial charge in [-0.25, -0.2) is 4.98 Å². The molecule has 1 heterocycles. The fraction of sp³-hybridized carbons (Fsp3) is 0.357. The molecule has 0 spiro atoms. The van der Waals surface area contributed by atoms with Crippen molar-refractivity contribution in [2.24, 2.45) is 0 Å². The van der Waals surface area contributed by atoms with Crippen molar-refractivity contribution in [3.05, 3.63) is 46.4 Å². The predicted octanol–water partition coefficient (Wildman–Crippen LogP) is 4.27. The zero-order chi connectivity index (χ0) is 12.1. The van der Waals surface area contributed by atoms with E-state index in [0.717, 1.165) is 17.8 Å². The third kappa shape index (κ3) is 3.30. The Balaban J connectivity index is 1.99. The second-order valence-corrected chi connectivity index (χ2v) is 4.94. The van der Waals surface area contributed by atoms with E-state index in [1.807, 2.05) is 5.51 Å². The Bertz CT molecular complexity index is 434. The van der Waals surface area contributed by atoms with Crippen LogP contribution in [0, 0.1) is 0 Å². The number of benzene rings is 1. The summed E-state index contributed by atoms with van der Waals surface area (Å²) in [6.07, 6.45) is 2.35. The van der Waals surface area contributed by atoms with E-state index < -0.39 is 0 Å². The molecule has 1 unspecified atom stereocenters. The van der Waals surface area contributed by atoms with E-state index in [2.05, 4.69) is 53.8 Å². The van der Waals surface area contributed by atoms with E-state index in [-0.39, 0.29) is 6.04 Å². The quantitative estimate of drug-likeness (QED) is 0.852. The highest BCUT2D eigenvalue weighted by Crippen LogP contribution is 2.19. The normalized spacial score (nSPS) is 12.4. The molecule has 0 aliphatic heterocycles. The van der Waals surface area contributed by atoms with E-state index in [0.29, 0.717) is 0 Å². The highest BCUT2D eigenvalue weighted by Gasteiger charge is 2.06. The molecule has 1 aromatic heterocycles. The SMILES string of the molecule is CCCc1ccc(NC(C)c2cscn2)cc1. The van der Waals surface area contributed by atoms with E-state index >= 15 is 0 Å². The van der Waals surface area contributed by atoms with Crippen LogP contribution < -0.4 is 5.32 Å². The van der Waals surface area contributed by atoms with Gasteiger partial charge < -0.3 is 5.32 Å². The third-order valence-electron chi connectivity index (χ3n) is 2.77. The van der Waals surface area contributed by atoms with Gasteiger partial charge in [0, 0.05) is 11.1 Å². The van der Waals surface area contributed by atoms with Crippen molar-refractivity contribution < 1.29 is 0 Å². The van der Waals surface area contributed by atoms with Crippen molar-refractivity contribution in [2.45, 2.75) is 32.7 Å². The lowest BCUT2D eigenvalue weighted by Crippen LogP contribution is -2.06. The summed E-state index contributed by atoms with van der Waals surface area (Å²) in [4.78, 5) is 4.32. The number of rotatable bonds is 5. The fourth-order valence-electron chi connectivity index (χ4n) is 1.82. The second kappa shape index (κ2) is 5.82. The van der Waals surface area contributed by atoms with E-state index in [9.17, 15) is 0 Å². The summed E-state index contributed by atoms with van der Waals surface area (Å²) in [7, 11) is 0. The van der Waals surface area contributed by atoms with Crippen LogP contribution >= 0.6 is 11.3 Å². The average molecular weight is 246 g/mol. The molecular weight excluding hydrogens is 228 g/mol. The predicted molar refractivity (Wildman–Crippen MR) is 74.6 cm³/mol. The van der Waals surface area contributed by atoms with E-state index in [4.69, 9.17) is 0 Å². The fourth-order valence-corrected chi connectivity index (χ4v) is 2.46. The van der Waals surface area contributed by atoms with Crippen LogP contribution in [0.1, 0.15) is 37.6 Å². The molecule has 0 aliphatic rings. The number of nitrogens with one attached hydrogen (secondary N) is 1. The maximum absolute atomic E-state index is 4.32. The minimum Gasteiger partial charge on any atom is -0.377 e. The molecule has 0 fully saturated rings. The summed E-state index contributed by atoms with van der Waals surface area (Å²) < 4.78 is 0. The summed E-state index contributed by atoms with van der Waals surface area (Å²) in [6, 6.07) is 8.94. The first-order chi connectivity index (χ1) is 8.29. The van der Waals surface area contributed by atoms with Crippen molar-refractivity contribution in [3.8, 4) is 0 Å². The number of aromatic nitrogens is 1. The van der Waals surface area contributed by atoms with Crippen LogP contribution in [-0.4, -0.2) is 4.98 Å². The van der Waals surface area contributed by atoms with Gasteiger partial charge in [0.1, 0.15) is 0 Å². The molecule has 2 nitrogen and oxygen atoms in total. The molecule has 1 aromatic carbocycles. The number of hydrogen-bond acceptors (Lipinski definition) is 3. The van der Waals surface area contributed by atoms with Gasteiger partial charge in [-0.15, -0.1) is 11.3 Å². The molecule has 2 aromatic rings. The topological polar surface area (TPSA) is 24.9 Å². The average Bonchev–Trinajstić information content (AvgIpc) is 2.86. The van der Waals surface area contributed by atoms with Gasteiger partial charge in [0.2, 0.25) is 0 Å². The summed E-state index contributed by atoms with van der Waals surface area (Å²) in [5.74, 6) is 0.